The molecule has 2 atom stereocenters. The monoisotopic (exact) mass is 455 g/mol. The minimum atomic E-state index is -0.257. The van der Waals surface area contributed by atoms with Crippen molar-refractivity contribution in [3.8, 4) is 0 Å². The Morgan fingerprint density at radius 1 is 1.16 bits per heavy atom. The van der Waals surface area contributed by atoms with Crippen molar-refractivity contribution in [3.63, 3.8) is 0 Å². The molecule has 2 aromatic carbocycles. The maximum atomic E-state index is 13.5. The van der Waals surface area contributed by atoms with E-state index in [0.717, 1.165) is 40.9 Å². The van der Waals surface area contributed by atoms with Gasteiger partial charge in [0.05, 0.1) is 5.03 Å². The third-order valence-electron chi connectivity index (χ3n) is 5.93. The van der Waals surface area contributed by atoms with Crippen molar-refractivity contribution < 1.29 is 9.18 Å². The van der Waals surface area contributed by atoms with Crippen LogP contribution in [0.1, 0.15) is 34.9 Å². The number of hydrogen-bond acceptors (Lipinski definition) is 4. The van der Waals surface area contributed by atoms with Crippen LogP contribution in [0.3, 0.4) is 0 Å². The highest BCUT2D eigenvalue weighted by molar-refractivity contribution is 7.80. The molecule has 31 heavy (non-hydrogen) atoms. The smallest absolute Gasteiger partial charge is 0.209 e. The lowest BCUT2D eigenvalue weighted by Gasteiger charge is -2.38. The van der Waals surface area contributed by atoms with Gasteiger partial charge in [-0.3, -0.25) is 4.79 Å². The summed E-state index contributed by atoms with van der Waals surface area (Å²) in [5.74, 6) is -0.124. The van der Waals surface area contributed by atoms with Crippen LogP contribution < -0.4 is 5.32 Å². The molecule has 1 aliphatic heterocycles. The number of likely N-dealkylation sites (tertiary alicyclic amines) is 1. The first-order chi connectivity index (χ1) is 15.0. The third-order valence-corrected chi connectivity index (χ3v) is 6.63. The van der Waals surface area contributed by atoms with Crippen molar-refractivity contribution in [1.29, 1.82) is 0 Å². The second kappa shape index (κ2) is 9.28. The van der Waals surface area contributed by atoms with Gasteiger partial charge in [-0.1, -0.05) is 23.7 Å². The van der Waals surface area contributed by atoms with Crippen molar-refractivity contribution >= 4 is 42.0 Å². The van der Waals surface area contributed by atoms with Gasteiger partial charge >= 0.3 is 0 Å². The lowest BCUT2D eigenvalue weighted by Crippen LogP contribution is -2.37. The zero-order valence-corrected chi connectivity index (χ0v) is 18.7. The lowest BCUT2D eigenvalue weighted by atomic mass is 9.76. The van der Waals surface area contributed by atoms with E-state index in [9.17, 15) is 9.18 Å². The van der Waals surface area contributed by atoms with Gasteiger partial charge in [0.15, 0.2) is 0 Å². The van der Waals surface area contributed by atoms with Crippen LogP contribution in [-0.4, -0.2) is 29.4 Å². The molecule has 0 radical (unpaired) electrons. The van der Waals surface area contributed by atoms with E-state index in [2.05, 4.69) is 22.9 Å². The Morgan fingerprint density at radius 2 is 1.87 bits per heavy atom. The summed E-state index contributed by atoms with van der Waals surface area (Å²) in [6.45, 7) is 3.21. The van der Waals surface area contributed by atoms with Gasteiger partial charge in [-0.25, -0.2) is 9.37 Å². The largest absolute Gasteiger partial charge is 0.355 e. The third kappa shape index (κ3) is 4.70. The highest BCUT2D eigenvalue weighted by Crippen LogP contribution is 2.43. The zero-order valence-electron chi connectivity index (χ0n) is 17.1. The van der Waals surface area contributed by atoms with Crippen LogP contribution in [0.2, 0.25) is 5.02 Å². The lowest BCUT2D eigenvalue weighted by molar-refractivity contribution is -0.119. The summed E-state index contributed by atoms with van der Waals surface area (Å²) in [5, 5.41) is 4.81. The first-order valence-electron chi connectivity index (χ1n) is 10.1. The minimum absolute atomic E-state index is 0.000607. The first-order valence-corrected chi connectivity index (χ1v) is 10.9. The van der Waals surface area contributed by atoms with Gasteiger partial charge in [0.2, 0.25) is 6.41 Å². The maximum Gasteiger partial charge on any atom is 0.209 e. The van der Waals surface area contributed by atoms with E-state index in [0.29, 0.717) is 23.1 Å². The number of nitrogens with zero attached hydrogens (tertiary/aromatic N) is 2. The fourth-order valence-electron chi connectivity index (χ4n) is 4.24. The second-order valence-corrected chi connectivity index (χ2v) is 8.68. The molecule has 4 nitrogen and oxygen atoms in total. The number of carbonyl (C=O) groups excluding carboxylic acids is 1. The van der Waals surface area contributed by atoms with Gasteiger partial charge in [-0.05, 0) is 66.8 Å². The van der Waals surface area contributed by atoms with Crippen molar-refractivity contribution in [1.82, 2.24) is 9.88 Å². The SMILES string of the molecule is Cc1c(S)ncc(C2CN(C=O)CCC2c2ccc(F)cc2)c1Nc1ccc(Cl)cc1. The van der Waals surface area contributed by atoms with E-state index in [1.165, 1.54) is 12.1 Å². The molecule has 4 rings (SSSR count). The van der Waals surface area contributed by atoms with E-state index in [4.69, 9.17) is 11.6 Å². The molecule has 1 saturated heterocycles. The molecule has 1 aromatic heterocycles. The molecule has 2 unspecified atom stereocenters. The Labute approximate surface area is 191 Å². The van der Waals surface area contributed by atoms with Crippen LogP contribution in [0.25, 0.3) is 0 Å². The van der Waals surface area contributed by atoms with Crippen LogP contribution in [0.4, 0.5) is 15.8 Å². The van der Waals surface area contributed by atoms with Gasteiger partial charge in [-0.15, -0.1) is 12.6 Å². The van der Waals surface area contributed by atoms with E-state index in [1.807, 2.05) is 49.5 Å². The highest BCUT2D eigenvalue weighted by atomic mass is 35.5. The quantitative estimate of drug-likeness (QED) is 0.369. The van der Waals surface area contributed by atoms with Crippen LogP contribution >= 0.6 is 24.2 Å². The molecule has 1 N–H and O–H groups in total. The van der Waals surface area contributed by atoms with Crippen LogP contribution in [0.5, 0.6) is 0 Å². The summed E-state index contributed by atoms with van der Waals surface area (Å²) in [4.78, 5) is 17.9. The summed E-state index contributed by atoms with van der Waals surface area (Å²) in [6, 6.07) is 14.2. The Bertz CT molecular complexity index is 1080. The second-order valence-electron chi connectivity index (χ2n) is 7.82. The van der Waals surface area contributed by atoms with E-state index >= 15 is 0 Å². The van der Waals surface area contributed by atoms with Gasteiger partial charge in [0, 0.05) is 47.2 Å². The molecule has 2 heterocycles. The van der Waals surface area contributed by atoms with Crippen molar-refractivity contribution in [3.05, 3.63) is 82.3 Å². The minimum Gasteiger partial charge on any atom is -0.355 e. The van der Waals surface area contributed by atoms with Gasteiger partial charge in [0.25, 0.3) is 0 Å². The average molecular weight is 456 g/mol. The predicted octanol–water partition coefficient (Wildman–Crippen LogP) is 5.94. The van der Waals surface area contributed by atoms with Gasteiger partial charge < -0.3 is 10.2 Å². The summed E-state index contributed by atoms with van der Waals surface area (Å²) < 4.78 is 13.5. The molecule has 0 aliphatic carbocycles. The predicted molar refractivity (Wildman–Crippen MR) is 125 cm³/mol. The molecule has 7 heteroatoms. The van der Waals surface area contributed by atoms with E-state index in [1.54, 1.807) is 4.90 Å². The highest BCUT2D eigenvalue weighted by Gasteiger charge is 2.33. The first kappa shape index (κ1) is 21.7. The van der Waals surface area contributed by atoms with Crippen molar-refractivity contribution in [2.45, 2.75) is 30.2 Å². The number of pyridine rings is 1. The van der Waals surface area contributed by atoms with Crippen LogP contribution in [-0.2, 0) is 4.79 Å². The molecule has 0 bridgehead atoms. The number of thiol groups is 1. The Hall–Kier alpha value is -2.57. The van der Waals surface area contributed by atoms with Crippen LogP contribution in [0, 0.1) is 12.7 Å². The Morgan fingerprint density at radius 3 is 2.55 bits per heavy atom. The number of piperidine rings is 1. The normalized spacial score (nSPS) is 18.6. The van der Waals surface area contributed by atoms with Crippen LogP contribution in [0.15, 0.2) is 59.8 Å². The standard InChI is InChI=1S/C24H23ClFN3OS/c1-15-23(28-19-8-4-17(25)5-9-19)21(12-27-24(15)31)22-13-29(14-30)11-10-20(22)16-2-6-18(26)7-3-16/h2-9,12,14,20,22H,10-11,13H2,1H3,(H2,27,28,31). The summed E-state index contributed by atoms with van der Waals surface area (Å²) in [7, 11) is 0. The molecule has 160 valence electrons. The number of carbonyl (C=O) groups is 1. The molecule has 0 saturated carbocycles. The fraction of sp³-hybridized carbons (Fsp3) is 0.250. The van der Waals surface area contributed by atoms with E-state index in [-0.39, 0.29) is 17.7 Å². The topological polar surface area (TPSA) is 45.2 Å². The number of nitrogens with one attached hydrogen (secondary N) is 1. The molecule has 0 spiro atoms. The number of rotatable bonds is 5. The number of anilines is 2. The van der Waals surface area contributed by atoms with Gasteiger partial charge in [0.1, 0.15) is 5.82 Å². The summed E-state index contributed by atoms with van der Waals surface area (Å²) in [6.07, 6.45) is 3.52. The molecule has 3 aromatic rings. The molecule has 1 amide bonds. The summed E-state index contributed by atoms with van der Waals surface area (Å²) in [5.41, 5.74) is 4.81. The summed E-state index contributed by atoms with van der Waals surface area (Å²) >= 11 is 10.6. The van der Waals surface area contributed by atoms with Crippen molar-refractivity contribution in [2.75, 3.05) is 18.4 Å². The molecular weight excluding hydrogens is 433 g/mol. The maximum absolute atomic E-state index is 13.5. The Balaban J connectivity index is 1.78. The number of amides is 1. The molecular formula is C24H23ClFN3OS. The Kier molecular flexibility index (Phi) is 6.49. The zero-order chi connectivity index (χ0) is 22.0. The van der Waals surface area contributed by atoms with E-state index < -0.39 is 0 Å². The molecule has 1 fully saturated rings. The average Bonchev–Trinajstić information content (AvgIpc) is 2.79. The fourth-order valence-corrected chi connectivity index (χ4v) is 4.54. The number of hydrogen-bond donors (Lipinski definition) is 2. The number of aromatic nitrogens is 1. The van der Waals surface area contributed by atoms with Crippen molar-refractivity contribution in [2.24, 2.45) is 0 Å². The van der Waals surface area contributed by atoms with Gasteiger partial charge in [-0.2, -0.15) is 0 Å². The molecule has 1 aliphatic rings. The number of halogens is 2. The number of benzene rings is 2.